The smallest absolute Gasteiger partial charge is 0.131 e. The van der Waals surface area contributed by atoms with Gasteiger partial charge in [0.25, 0.3) is 0 Å². The summed E-state index contributed by atoms with van der Waals surface area (Å²) < 4.78 is 0. The van der Waals surface area contributed by atoms with Crippen LogP contribution in [0, 0.1) is 0 Å². The van der Waals surface area contributed by atoms with E-state index >= 15 is 0 Å². The van der Waals surface area contributed by atoms with Gasteiger partial charge in [0.2, 0.25) is 0 Å². The van der Waals surface area contributed by atoms with E-state index in [1.165, 1.54) is 0 Å². The van der Waals surface area contributed by atoms with Crippen LogP contribution in [0.4, 0.5) is 5.82 Å². The Labute approximate surface area is 119 Å². The van der Waals surface area contributed by atoms with Gasteiger partial charge in [0.15, 0.2) is 0 Å². The largest absolute Gasteiger partial charge is 0.370 e. The molecule has 0 amide bonds. The van der Waals surface area contributed by atoms with Crippen LogP contribution in [0.5, 0.6) is 0 Å². The van der Waals surface area contributed by atoms with Crippen molar-refractivity contribution in [2.75, 3.05) is 11.9 Å². The SMILES string of the molecule is CCCNc1cc(-c2ccc(Cl)cc2)nc(CC)n1. The molecule has 0 spiro atoms. The fourth-order valence-corrected chi connectivity index (χ4v) is 1.89. The van der Waals surface area contributed by atoms with Crippen LogP contribution in [0.3, 0.4) is 0 Å². The zero-order chi connectivity index (χ0) is 13.7. The number of anilines is 1. The van der Waals surface area contributed by atoms with Gasteiger partial charge in [-0.2, -0.15) is 0 Å². The van der Waals surface area contributed by atoms with Gasteiger partial charge in [-0.1, -0.05) is 37.6 Å². The summed E-state index contributed by atoms with van der Waals surface area (Å²) in [6, 6.07) is 9.70. The van der Waals surface area contributed by atoms with Crippen LogP contribution in [0.25, 0.3) is 11.3 Å². The summed E-state index contributed by atoms with van der Waals surface area (Å²) in [6.45, 7) is 5.11. The van der Waals surface area contributed by atoms with Gasteiger partial charge < -0.3 is 5.32 Å². The minimum absolute atomic E-state index is 0.734. The first-order chi connectivity index (χ1) is 9.22. The number of nitrogens with one attached hydrogen (secondary N) is 1. The fraction of sp³-hybridized carbons (Fsp3) is 0.333. The lowest BCUT2D eigenvalue weighted by molar-refractivity contribution is 0.919. The van der Waals surface area contributed by atoms with Crippen LogP contribution in [-0.4, -0.2) is 16.5 Å². The van der Waals surface area contributed by atoms with Crippen LogP contribution in [0.15, 0.2) is 30.3 Å². The van der Waals surface area contributed by atoms with E-state index in [2.05, 4.69) is 29.1 Å². The third-order valence-electron chi connectivity index (χ3n) is 2.78. The molecule has 0 radical (unpaired) electrons. The van der Waals surface area contributed by atoms with Gasteiger partial charge in [0, 0.05) is 29.6 Å². The van der Waals surface area contributed by atoms with E-state index in [1.807, 2.05) is 30.3 Å². The van der Waals surface area contributed by atoms with Gasteiger partial charge in [-0.25, -0.2) is 9.97 Å². The average molecular weight is 276 g/mol. The lowest BCUT2D eigenvalue weighted by Crippen LogP contribution is -2.05. The van der Waals surface area contributed by atoms with Crippen molar-refractivity contribution in [3.63, 3.8) is 0 Å². The first-order valence-electron chi connectivity index (χ1n) is 6.60. The Kier molecular flexibility index (Phi) is 4.74. The number of aryl methyl sites for hydroxylation is 1. The Balaban J connectivity index is 2.35. The number of hydrogen-bond acceptors (Lipinski definition) is 3. The molecule has 1 N–H and O–H groups in total. The van der Waals surface area contributed by atoms with Crippen molar-refractivity contribution in [1.29, 1.82) is 0 Å². The first-order valence-corrected chi connectivity index (χ1v) is 6.98. The number of rotatable bonds is 5. The van der Waals surface area contributed by atoms with Gasteiger partial charge in [-0.05, 0) is 18.6 Å². The minimum atomic E-state index is 0.734. The van der Waals surface area contributed by atoms with Crippen molar-refractivity contribution in [2.24, 2.45) is 0 Å². The van der Waals surface area contributed by atoms with Crippen LogP contribution < -0.4 is 5.32 Å². The highest BCUT2D eigenvalue weighted by molar-refractivity contribution is 6.30. The quantitative estimate of drug-likeness (QED) is 0.889. The summed E-state index contributed by atoms with van der Waals surface area (Å²) in [5, 5.41) is 4.05. The predicted octanol–water partition coefficient (Wildman–Crippen LogP) is 4.18. The van der Waals surface area contributed by atoms with E-state index in [1.54, 1.807) is 0 Å². The molecule has 0 saturated carbocycles. The van der Waals surface area contributed by atoms with E-state index in [-0.39, 0.29) is 0 Å². The van der Waals surface area contributed by atoms with E-state index in [9.17, 15) is 0 Å². The molecule has 2 aromatic rings. The summed E-state index contributed by atoms with van der Waals surface area (Å²) in [5.74, 6) is 1.74. The molecular weight excluding hydrogens is 258 g/mol. The second kappa shape index (κ2) is 6.53. The highest BCUT2D eigenvalue weighted by Gasteiger charge is 2.05. The standard InChI is InChI=1S/C15H18ClN3/c1-3-9-17-15-10-13(18-14(4-2)19-15)11-5-7-12(16)8-6-11/h5-8,10H,3-4,9H2,1-2H3,(H,17,18,19). The van der Waals surface area contributed by atoms with Crippen molar-refractivity contribution < 1.29 is 0 Å². The van der Waals surface area contributed by atoms with Crippen molar-refractivity contribution in [3.05, 3.63) is 41.2 Å². The topological polar surface area (TPSA) is 37.8 Å². The Hall–Kier alpha value is -1.61. The maximum atomic E-state index is 5.91. The number of halogens is 1. The number of benzene rings is 1. The maximum absolute atomic E-state index is 5.91. The Bertz CT molecular complexity index is 538. The van der Waals surface area contributed by atoms with E-state index < -0.39 is 0 Å². The Morgan fingerprint density at radius 3 is 2.47 bits per heavy atom. The number of nitrogens with zero attached hydrogens (tertiary/aromatic N) is 2. The summed E-state index contributed by atoms with van der Waals surface area (Å²) in [7, 11) is 0. The lowest BCUT2D eigenvalue weighted by Gasteiger charge is -2.09. The number of hydrogen-bond donors (Lipinski definition) is 1. The molecule has 100 valence electrons. The fourth-order valence-electron chi connectivity index (χ4n) is 1.77. The summed E-state index contributed by atoms with van der Waals surface area (Å²) in [6.07, 6.45) is 1.89. The molecule has 19 heavy (non-hydrogen) atoms. The molecule has 4 heteroatoms. The Morgan fingerprint density at radius 2 is 1.84 bits per heavy atom. The molecule has 0 aliphatic rings. The van der Waals surface area contributed by atoms with Crippen LogP contribution >= 0.6 is 11.6 Å². The minimum Gasteiger partial charge on any atom is -0.370 e. The van der Waals surface area contributed by atoms with Gasteiger partial charge >= 0.3 is 0 Å². The van der Waals surface area contributed by atoms with Crippen LogP contribution in [0.2, 0.25) is 5.02 Å². The summed E-state index contributed by atoms with van der Waals surface area (Å²) in [4.78, 5) is 9.05. The van der Waals surface area contributed by atoms with E-state index in [0.29, 0.717) is 0 Å². The highest BCUT2D eigenvalue weighted by atomic mass is 35.5. The highest BCUT2D eigenvalue weighted by Crippen LogP contribution is 2.22. The molecule has 0 fully saturated rings. The van der Waals surface area contributed by atoms with Crippen molar-refractivity contribution in [3.8, 4) is 11.3 Å². The normalized spacial score (nSPS) is 10.5. The zero-order valence-electron chi connectivity index (χ0n) is 11.3. The lowest BCUT2D eigenvalue weighted by atomic mass is 10.1. The van der Waals surface area contributed by atoms with Gasteiger partial charge in [0.05, 0.1) is 5.69 Å². The van der Waals surface area contributed by atoms with Crippen LogP contribution in [0.1, 0.15) is 26.1 Å². The molecule has 2 rings (SSSR count). The average Bonchev–Trinajstić information content (AvgIpc) is 2.45. The molecule has 0 saturated heterocycles. The van der Waals surface area contributed by atoms with Gasteiger partial charge in [0.1, 0.15) is 11.6 Å². The molecule has 0 aliphatic carbocycles. The molecule has 0 aliphatic heterocycles. The van der Waals surface area contributed by atoms with Crippen molar-refractivity contribution in [1.82, 2.24) is 9.97 Å². The number of aromatic nitrogens is 2. The summed E-state index contributed by atoms with van der Waals surface area (Å²) >= 11 is 5.91. The molecule has 1 aromatic carbocycles. The van der Waals surface area contributed by atoms with Gasteiger partial charge in [-0.15, -0.1) is 0 Å². The summed E-state index contributed by atoms with van der Waals surface area (Å²) in [5.41, 5.74) is 1.99. The first kappa shape index (κ1) is 13.8. The molecule has 0 unspecified atom stereocenters. The maximum Gasteiger partial charge on any atom is 0.131 e. The van der Waals surface area contributed by atoms with E-state index in [4.69, 9.17) is 11.6 Å². The monoisotopic (exact) mass is 275 g/mol. The predicted molar refractivity (Wildman–Crippen MR) is 80.6 cm³/mol. The third kappa shape index (κ3) is 3.67. The van der Waals surface area contributed by atoms with Crippen molar-refractivity contribution in [2.45, 2.75) is 26.7 Å². The molecule has 1 aromatic heterocycles. The molecule has 3 nitrogen and oxygen atoms in total. The third-order valence-corrected chi connectivity index (χ3v) is 3.04. The zero-order valence-corrected chi connectivity index (χ0v) is 12.0. The van der Waals surface area contributed by atoms with E-state index in [0.717, 1.165) is 47.3 Å². The molecule has 0 bridgehead atoms. The van der Waals surface area contributed by atoms with Gasteiger partial charge in [-0.3, -0.25) is 0 Å². The molecular formula is C15H18ClN3. The molecule has 1 heterocycles. The Morgan fingerprint density at radius 1 is 1.11 bits per heavy atom. The molecule has 0 atom stereocenters. The van der Waals surface area contributed by atoms with Crippen LogP contribution in [-0.2, 0) is 6.42 Å². The second-order valence-corrected chi connectivity index (χ2v) is 4.78. The van der Waals surface area contributed by atoms with Crippen molar-refractivity contribution >= 4 is 17.4 Å². The second-order valence-electron chi connectivity index (χ2n) is 4.34.